The summed E-state index contributed by atoms with van der Waals surface area (Å²) in [5.74, 6) is 0. The maximum Gasteiger partial charge on any atom is 0.321 e. The molecule has 0 unspecified atom stereocenters. The molecule has 0 atom stereocenters. The van der Waals surface area contributed by atoms with Crippen molar-refractivity contribution in [2.24, 2.45) is 7.05 Å². The lowest BCUT2D eigenvalue weighted by molar-refractivity contribution is 0.373. The fourth-order valence-electron chi connectivity index (χ4n) is 0.898. The Morgan fingerprint density at radius 1 is 1.38 bits per heavy atom. The van der Waals surface area contributed by atoms with Crippen molar-refractivity contribution < 1.29 is 4.74 Å². The fourth-order valence-corrected chi connectivity index (χ4v) is 1.80. The first kappa shape index (κ1) is 11.1. The number of nitrogens with zero attached hydrogens (tertiary/aromatic N) is 6. The molecule has 0 spiro atoms. The van der Waals surface area contributed by atoms with Crippen molar-refractivity contribution in [1.82, 2.24) is 29.7 Å². The van der Waals surface area contributed by atoms with Gasteiger partial charge in [0.2, 0.25) is 10.4 Å². The zero-order chi connectivity index (χ0) is 11.5. The Kier molecular flexibility index (Phi) is 3.20. The molecule has 0 aliphatic heterocycles. The zero-order valence-corrected chi connectivity index (χ0v) is 10.0. The van der Waals surface area contributed by atoms with Crippen LogP contribution in [-0.2, 0) is 7.05 Å². The van der Waals surface area contributed by atoms with Gasteiger partial charge in [-0.15, -0.1) is 10.2 Å². The standard InChI is InChI=1S/C7H7ClN6OS/c1-14-3-9-13-7(14)16-6-11-4(8)10-5(12-6)15-2/h3H,1-2H3. The number of hydrogen-bond donors (Lipinski definition) is 0. The summed E-state index contributed by atoms with van der Waals surface area (Å²) in [5, 5.41) is 8.77. The minimum atomic E-state index is 0.0801. The van der Waals surface area contributed by atoms with E-state index < -0.39 is 0 Å². The van der Waals surface area contributed by atoms with Crippen LogP contribution in [0.2, 0.25) is 5.28 Å². The van der Waals surface area contributed by atoms with E-state index in [1.807, 2.05) is 7.05 Å². The highest BCUT2D eigenvalue weighted by molar-refractivity contribution is 7.99. The lowest BCUT2D eigenvalue weighted by Crippen LogP contribution is -1.98. The number of hydrogen-bond acceptors (Lipinski definition) is 7. The Hall–Kier alpha value is -1.41. The van der Waals surface area contributed by atoms with Crippen molar-refractivity contribution in [3.05, 3.63) is 11.6 Å². The van der Waals surface area contributed by atoms with Crippen molar-refractivity contribution in [3.63, 3.8) is 0 Å². The average molecular weight is 259 g/mol. The second-order valence-electron chi connectivity index (χ2n) is 2.70. The molecule has 9 heteroatoms. The monoisotopic (exact) mass is 258 g/mol. The van der Waals surface area contributed by atoms with E-state index in [1.54, 1.807) is 10.9 Å². The van der Waals surface area contributed by atoms with Gasteiger partial charge in [0.25, 0.3) is 0 Å². The van der Waals surface area contributed by atoms with E-state index in [0.717, 1.165) is 0 Å². The minimum absolute atomic E-state index is 0.0801. The van der Waals surface area contributed by atoms with Crippen molar-refractivity contribution in [3.8, 4) is 6.01 Å². The highest BCUT2D eigenvalue weighted by Crippen LogP contribution is 2.23. The number of halogens is 1. The molecule has 2 heterocycles. The average Bonchev–Trinajstić information content (AvgIpc) is 2.63. The van der Waals surface area contributed by atoms with Gasteiger partial charge in [-0.2, -0.15) is 15.0 Å². The summed E-state index contributed by atoms with van der Waals surface area (Å²) < 4.78 is 6.63. The van der Waals surface area contributed by atoms with Gasteiger partial charge < -0.3 is 9.30 Å². The van der Waals surface area contributed by atoms with Crippen LogP contribution >= 0.6 is 23.4 Å². The summed E-state index contributed by atoms with van der Waals surface area (Å²) in [6.07, 6.45) is 1.59. The molecule has 2 rings (SSSR count). The van der Waals surface area contributed by atoms with Gasteiger partial charge in [-0.1, -0.05) is 0 Å². The quantitative estimate of drug-likeness (QED) is 0.806. The molecule has 2 aromatic rings. The van der Waals surface area contributed by atoms with Gasteiger partial charge in [-0.25, -0.2) is 0 Å². The maximum atomic E-state index is 5.71. The van der Waals surface area contributed by atoms with E-state index in [4.69, 9.17) is 16.3 Å². The normalized spacial score (nSPS) is 10.4. The molecule has 7 nitrogen and oxygen atoms in total. The minimum Gasteiger partial charge on any atom is -0.467 e. The van der Waals surface area contributed by atoms with Gasteiger partial charge in [0.05, 0.1) is 7.11 Å². The third-order valence-electron chi connectivity index (χ3n) is 1.60. The van der Waals surface area contributed by atoms with Crippen LogP contribution in [0.1, 0.15) is 0 Å². The van der Waals surface area contributed by atoms with Crippen molar-refractivity contribution in [2.45, 2.75) is 10.3 Å². The number of ether oxygens (including phenoxy) is 1. The summed E-state index contributed by atoms with van der Waals surface area (Å²) >= 11 is 6.94. The third kappa shape index (κ3) is 2.39. The predicted octanol–water partition coefficient (Wildman–Crippen LogP) is 0.813. The molecular formula is C7H7ClN6OS. The Balaban J connectivity index is 2.28. The lowest BCUT2D eigenvalue weighted by Gasteiger charge is -2.01. The molecule has 0 saturated heterocycles. The van der Waals surface area contributed by atoms with E-state index in [1.165, 1.54) is 18.9 Å². The van der Waals surface area contributed by atoms with Crippen LogP contribution in [0.25, 0.3) is 0 Å². The predicted molar refractivity (Wildman–Crippen MR) is 56.5 cm³/mol. The summed E-state index contributed by atoms with van der Waals surface area (Å²) in [6.45, 7) is 0. The van der Waals surface area contributed by atoms with Crippen LogP contribution in [0.5, 0.6) is 6.01 Å². The maximum absolute atomic E-state index is 5.71. The van der Waals surface area contributed by atoms with E-state index in [0.29, 0.717) is 10.3 Å². The van der Waals surface area contributed by atoms with Crippen LogP contribution in [0.3, 0.4) is 0 Å². The lowest BCUT2D eigenvalue weighted by atomic mass is 11.0. The topological polar surface area (TPSA) is 78.6 Å². The second kappa shape index (κ2) is 4.62. The van der Waals surface area contributed by atoms with Crippen LogP contribution in [0.4, 0.5) is 0 Å². The van der Waals surface area contributed by atoms with Crippen molar-refractivity contribution in [1.29, 1.82) is 0 Å². The summed E-state index contributed by atoms with van der Waals surface area (Å²) in [5.41, 5.74) is 0. The summed E-state index contributed by atoms with van der Waals surface area (Å²) in [6, 6.07) is 0.171. The van der Waals surface area contributed by atoms with Crippen LogP contribution in [0, 0.1) is 0 Å². The molecule has 2 aromatic heterocycles. The van der Waals surface area contributed by atoms with Crippen molar-refractivity contribution >= 4 is 23.4 Å². The molecule has 0 saturated carbocycles. The third-order valence-corrected chi connectivity index (χ3v) is 2.69. The van der Waals surface area contributed by atoms with E-state index in [2.05, 4.69) is 25.1 Å². The Bertz CT molecular complexity index is 503. The Morgan fingerprint density at radius 3 is 2.81 bits per heavy atom. The first-order valence-electron chi connectivity index (χ1n) is 4.16. The van der Waals surface area contributed by atoms with Gasteiger partial charge in [0, 0.05) is 7.05 Å². The first-order chi connectivity index (χ1) is 7.69. The van der Waals surface area contributed by atoms with Crippen LogP contribution < -0.4 is 4.74 Å². The summed E-state index contributed by atoms with van der Waals surface area (Å²) in [4.78, 5) is 11.7. The van der Waals surface area contributed by atoms with Gasteiger partial charge in [0.15, 0.2) is 5.16 Å². The highest BCUT2D eigenvalue weighted by Gasteiger charge is 2.10. The molecule has 0 fully saturated rings. The SMILES string of the molecule is COc1nc(Cl)nc(Sc2nncn2C)n1. The van der Waals surface area contributed by atoms with Gasteiger partial charge in [0.1, 0.15) is 6.33 Å². The molecule has 0 aliphatic carbocycles. The molecule has 84 valence electrons. The van der Waals surface area contributed by atoms with Gasteiger partial charge in [-0.3, -0.25) is 0 Å². The Morgan fingerprint density at radius 2 is 2.19 bits per heavy atom. The fraction of sp³-hybridized carbons (Fsp3) is 0.286. The Labute approximate surface area is 100 Å². The first-order valence-corrected chi connectivity index (χ1v) is 5.36. The van der Waals surface area contributed by atoms with Gasteiger partial charge in [-0.05, 0) is 23.4 Å². The molecule has 0 radical (unpaired) electrons. The van der Waals surface area contributed by atoms with Crippen LogP contribution in [0.15, 0.2) is 16.6 Å². The molecule has 0 aliphatic rings. The smallest absolute Gasteiger partial charge is 0.321 e. The molecular weight excluding hydrogens is 252 g/mol. The largest absolute Gasteiger partial charge is 0.467 e. The number of aromatic nitrogens is 6. The highest BCUT2D eigenvalue weighted by atomic mass is 35.5. The second-order valence-corrected chi connectivity index (χ2v) is 3.97. The molecule has 0 bridgehead atoms. The summed E-state index contributed by atoms with van der Waals surface area (Å²) in [7, 11) is 3.28. The molecule has 0 amide bonds. The number of rotatable bonds is 3. The van der Waals surface area contributed by atoms with E-state index >= 15 is 0 Å². The van der Waals surface area contributed by atoms with E-state index in [9.17, 15) is 0 Å². The molecule has 0 aromatic carbocycles. The molecule has 16 heavy (non-hydrogen) atoms. The van der Waals surface area contributed by atoms with E-state index in [-0.39, 0.29) is 11.3 Å². The van der Waals surface area contributed by atoms with Gasteiger partial charge >= 0.3 is 6.01 Å². The number of aryl methyl sites for hydroxylation is 1. The number of methoxy groups -OCH3 is 1. The van der Waals surface area contributed by atoms with Crippen molar-refractivity contribution in [2.75, 3.05) is 7.11 Å². The molecule has 0 N–H and O–H groups in total. The van der Waals surface area contributed by atoms with Crippen LogP contribution in [-0.4, -0.2) is 36.8 Å². The zero-order valence-electron chi connectivity index (χ0n) is 8.46.